The number of Topliss-reactive ketones (excluding diaryl/α,β-unsaturated/α-hetero) is 1. The first-order chi connectivity index (χ1) is 13.7. The standard InChI is InChI=1S/C24H20O4/c1-16-7-3-4-9-18(16)15-27-19-11-12-20-22(14-19)28-23(24(20)25)13-17-8-5-6-10-21(17)26-2/h3-14H,15H2,1-2H3. The van der Waals surface area contributed by atoms with E-state index in [0.29, 0.717) is 29.4 Å². The molecule has 0 saturated carbocycles. The number of para-hydroxylation sites is 1. The van der Waals surface area contributed by atoms with Crippen LogP contribution < -0.4 is 14.2 Å². The Morgan fingerprint density at radius 3 is 2.61 bits per heavy atom. The molecule has 3 aromatic carbocycles. The monoisotopic (exact) mass is 372 g/mol. The zero-order valence-corrected chi connectivity index (χ0v) is 15.8. The molecule has 0 fully saturated rings. The first-order valence-corrected chi connectivity index (χ1v) is 9.04. The maximum Gasteiger partial charge on any atom is 0.231 e. The second-order valence-corrected chi connectivity index (χ2v) is 6.55. The third kappa shape index (κ3) is 3.49. The minimum atomic E-state index is -0.147. The molecule has 0 saturated heterocycles. The van der Waals surface area contributed by atoms with Crippen LogP contribution in [-0.2, 0) is 6.61 Å². The fourth-order valence-corrected chi connectivity index (χ4v) is 3.12. The minimum absolute atomic E-state index is 0.147. The van der Waals surface area contributed by atoms with E-state index in [-0.39, 0.29) is 11.5 Å². The van der Waals surface area contributed by atoms with Crippen molar-refractivity contribution in [2.45, 2.75) is 13.5 Å². The molecule has 0 unspecified atom stereocenters. The average Bonchev–Trinajstić information content (AvgIpc) is 3.02. The van der Waals surface area contributed by atoms with Gasteiger partial charge in [-0.2, -0.15) is 0 Å². The van der Waals surface area contributed by atoms with E-state index in [0.717, 1.165) is 11.1 Å². The van der Waals surface area contributed by atoms with Gasteiger partial charge in [-0.3, -0.25) is 4.79 Å². The Kier molecular flexibility index (Phi) is 4.85. The van der Waals surface area contributed by atoms with E-state index >= 15 is 0 Å². The van der Waals surface area contributed by atoms with Gasteiger partial charge in [0.15, 0.2) is 5.76 Å². The number of benzene rings is 3. The smallest absolute Gasteiger partial charge is 0.231 e. The average molecular weight is 372 g/mol. The molecule has 0 aliphatic carbocycles. The van der Waals surface area contributed by atoms with Crippen LogP contribution in [0, 0.1) is 6.92 Å². The van der Waals surface area contributed by atoms with Crippen LogP contribution in [-0.4, -0.2) is 12.9 Å². The molecule has 0 atom stereocenters. The second-order valence-electron chi connectivity index (χ2n) is 6.55. The van der Waals surface area contributed by atoms with Crippen molar-refractivity contribution >= 4 is 11.9 Å². The zero-order valence-electron chi connectivity index (χ0n) is 15.8. The Morgan fingerprint density at radius 1 is 1.00 bits per heavy atom. The van der Waals surface area contributed by atoms with Gasteiger partial charge in [0.25, 0.3) is 0 Å². The maximum atomic E-state index is 12.7. The predicted octanol–water partition coefficient (Wildman–Crippen LogP) is 5.20. The van der Waals surface area contributed by atoms with Gasteiger partial charge in [0, 0.05) is 11.6 Å². The molecule has 1 heterocycles. The van der Waals surface area contributed by atoms with E-state index in [9.17, 15) is 4.79 Å². The lowest BCUT2D eigenvalue weighted by atomic mass is 10.1. The maximum absolute atomic E-state index is 12.7. The predicted molar refractivity (Wildman–Crippen MR) is 108 cm³/mol. The summed E-state index contributed by atoms with van der Waals surface area (Å²) in [5.41, 5.74) is 3.62. The van der Waals surface area contributed by atoms with Gasteiger partial charge in [0.1, 0.15) is 23.9 Å². The van der Waals surface area contributed by atoms with Gasteiger partial charge in [-0.15, -0.1) is 0 Å². The Labute approximate surface area is 164 Å². The quantitative estimate of drug-likeness (QED) is 0.578. The number of carbonyl (C=O) groups is 1. The highest BCUT2D eigenvalue weighted by Gasteiger charge is 2.28. The molecule has 1 aliphatic rings. The molecule has 4 nitrogen and oxygen atoms in total. The van der Waals surface area contributed by atoms with Gasteiger partial charge in [-0.1, -0.05) is 42.5 Å². The summed E-state index contributed by atoms with van der Waals surface area (Å²) in [4.78, 5) is 12.7. The molecule has 28 heavy (non-hydrogen) atoms. The van der Waals surface area contributed by atoms with Crippen molar-refractivity contribution in [2.75, 3.05) is 7.11 Å². The van der Waals surface area contributed by atoms with Crippen molar-refractivity contribution < 1.29 is 19.0 Å². The number of ketones is 1. The largest absolute Gasteiger partial charge is 0.496 e. The number of ether oxygens (including phenoxy) is 3. The van der Waals surface area contributed by atoms with Gasteiger partial charge in [0.2, 0.25) is 5.78 Å². The van der Waals surface area contributed by atoms with E-state index in [2.05, 4.69) is 13.0 Å². The number of fused-ring (bicyclic) bond motifs is 1. The Hall–Kier alpha value is -3.53. The van der Waals surface area contributed by atoms with Crippen LogP contribution in [0.25, 0.3) is 6.08 Å². The highest BCUT2D eigenvalue weighted by Crippen LogP contribution is 2.36. The van der Waals surface area contributed by atoms with Crippen LogP contribution in [0.1, 0.15) is 27.0 Å². The lowest BCUT2D eigenvalue weighted by Crippen LogP contribution is -1.99. The lowest BCUT2D eigenvalue weighted by molar-refractivity contribution is 0.101. The second kappa shape index (κ2) is 7.61. The molecule has 0 bridgehead atoms. The van der Waals surface area contributed by atoms with Crippen molar-refractivity contribution in [3.63, 3.8) is 0 Å². The summed E-state index contributed by atoms with van der Waals surface area (Å²) >= 11 is 0. The highest BCUT2D eigenvalue weighted by molar-refractivity contribution is 6.14. The molecule has 1 aliphatic heterocycles. The zero-order chi connectivity index (χ0) is 19.5. The van der Waals surface area contributed by atoms with Crippen LogP contribution in [0.3, 0.4) is 0 Å². The molecule has 4 heteroatoms. The van der Waals surface area contributed by atoms with Crippen molar-refractivity contribution in [3.05, 3.63) is 94.7 Å². The molecule has 140 valence electrons. The van der Waals surface area contributed by atoms with E-state index < -0.39 is 0 Å². The van der Waals surface area contributed by atoms with E-state index in [4.69, 9.17) is 14.2 Å². The topological polar surface area (TPSA) is 44.8 Å². The number of aryl methyl sites for hydroxylation is 1. The minimum Gasteiger partial charge on any atom is -0.496 e. The van der Waals surface area contributed by atoms with Crippen LogP contribution in [0.4, 0.5) is 0 Å². The molecular formula is C24H20O4. The number of rotatable bonds is 5. The molecule has 0 amide bonds. The summed E-state index contributed by atoms with van der Waals surface area (Å²) in [7, 11) is 1.60. The lowest BCUT2D eigenvalue weighted by Gasteiger charge is -2.09. The highest BCUT2D eigenvalue weighted by atomic mass is 16.5. The van der Waals surface area contributed by atoms with Crippen molar-refractivity contribution in [1.82, 2.24) is 0 Å². The summed E-state index contributed by atoms with van der Waals surface area (Å²) in [5.74, 6) is 1.98. The van der Waals surface area contributed by atoms with Crippen molar-refractivity contribution in [1.29, 1.82) is 0 Å². The molecule has 0 N–H and O–H groups in total. The SMILES string of the molecule is COc1ccccc1C=C1Oc2cc(OCc3ccccc3C)ccc2C1=O. The summed E-state index contributed by atoms with van der Waals surface area (Å²) in [6.45, 7) is 2.52. The third-order valence-electron chi connectivity index (χ3n) is 4.72. The number of hydrogen-bond acceptors (Lipinski definition) is 4. The first kappa shape index (κ1) is 17.9. The molecule has 3 aromatic rings. The fraction of sp³-hybridized carbons (Fsp3) is 0.125. The Morgan fingerprint density at radius 2 is 1.79 bits per heavy atom. The van der Waals surface area contributed by atoms with Crippen LogP contribution in [0.15, 0.2) is 72.5 Å². The summed E-state index contributed by atoms with van der Waals surface area (Å²) in [6.07, 6.45) is 1.70. The van der Waals surface area contributed by atoms with Gasteiger partial charge in [0.05, 0.1) is 12.7 Å². The van der Waals surface area contributed by atoms with Gasteiger partial charge < -0.3 is 14.2 Å². The van der Waals surface area contributed by atoms with E-state index in [1.807, 2.05) is 42.5 Å². The van der Waals surface area contributed by atoms with Crippen LogP contribution in [0.2, 0.25) is 0 Å². The number of allylic oxidation sites excluding steroid dienone is 1. The molecule has 4 rings (SSSR count). The molecular weight excluding hydrogens is 352 g/mol. The number of hydrogen-bond donors (Lipinski definition) is 0. The molecule has 0 aromatic heterocycles. The van der Waals surface area contributed by atoms with Crippen LogP contribution in [0.5, 0.6) is 17.2 Å². The van der Waals surface area contributed by atoms with Crippen molar-refractivity contribution in [2.24, 2.45) is 0 Å². The van der Waals surface area contributed by atoms with E-state index in [1.165, 1.54) is 5.56 Å². The Balaban J connectivity index is 1.54. The van der Waals surface area contributed by atoms with Gasteiger partial charge in [-0.05, 0) is 42.3 Å². The van der Waals surface area contributed by atoms with Gasteiger partial charge in [-0.25, -0.2) is 0 Å². The Bertz CT molecular complexity index is 1070. The first-order valence-electron chi connectivity index (χ1n) is 9.04. The van der Waals surface area contributed by atoms with Gasteiger partial charge >= 0.3 is 0 Å². The summed E-state index contributed by atoms with van der Waals surface area (Å²) in [5, 5.41) is 0. The van der Waals surface area contributed by atoms with Crippen LogP contribution >= 0.6 is 0 Å². The molecule has 0 radical (unpaired) electrons. The molecule has 0 spiro atoms. The van der Waals surface area contributed by atoms with E-state index in [1.54, 1.807) is 31.4 Å². The number of methoxy groups -OCH3 is 1. The van der Waals surface area contributed by atoms with Crippen molar-refractivity contribution in [3.8, 4) is 17.2 Å². The summed E-state index contributed by atoms with van der Waals surface area (Å²) in [6, 6.07) is 20.9. The summed E-state index contributed by atoms with van der Waals surface area (Å²) < 4.78 is 17.0. The third-order valence-corrected chi connectivity index (χ3v) is 4.72. The normalized spacial score (nSPS) is 13.9. The number of carbonyl (C=O) groups excluding carboxylic acids is 1. The fourth-order valence-electron chi connectivity index (χ4n) is 3.12.